The molecule has 5 nitrogen and oxygen atoms in total. The Morgan fingerprint density at radius 3 is 2.65 bits per heavy atom. The summed E-state index contributed by atoms with van der Waals surface area (Å²) in [4.78, 5) is 18.0. The van der Waals surface area contributed by atoms with Gasteiger partial charge in [-0.1, -0.05) is 20.8 Å². The maximum atomic E-state index is 11.1. The van der Waals surface area contributed by atoms with Crippen molar-refractivity contribution in [1.29, 1.82) is 0 Å². The van der Waals surface area contributed by atoms with Crippen LogP contribution >= 0.6 is 11.3 Å². The van der Waals surface area contributed by atoms with Crippen molar-refractivity contribution in [2.75, 3.05) is 26.3 Å². The molecule has 0 spiro atoms. The Kier molecular flexibility index (Phi) is 4.78. The zero-order chi connectivity index (χ0) is 14.8. The summed E-state index contributed by atoms with van der Waals surface area (Å²) < 4.78 is 5.34. The summed E-state index contributed by atoms with van der Waals surface area (Å²) >= 11 is 1.61. The Morgan fingerprint density at radius 2 is 2.15 bits per heavy atom. The second kappa shape index (κ2) is 6.20. The predicted octanol–water partition coefficient (Wildman–Crippen LogP) is 2.29. The van der Waals surface area contributed by atoms with Crippen molar-refractivity contribution in [2.24, 2.45) is 0 Å². The molecular formula is C14H22N2O3S. The molecule has 1 N–H and O–H groups in total. The lowest BCUT2D eigenvalue weighted by atomic mass is 9.98. The summed E-state index contributed by atoms with van der Waals surface area (Å²) in [6, 6.07) is -0.149. The maximum absolute atomic E-state index is 11.1. The highest BCUT2D eigenvalue weighted by Crippen LogP contribution is 2.31. The van der Waals surface area contributed by atoms with Crippen LogP contribution < -0.4 is 0 Å². The molecule has 0 radical (unpaired) electrons. The largest absolute Gasteiger partial charge is 0.481 e. The smallest absolute Gasteiger partial charge is 0.305 e. The number of rotatable bonds is 4. The minimum Gasteiger partial charge on any atom is -0.481 e. The molecule has 1 aliphatic heterocycles. The van der Waals surface area contributed by atoms with Crippen LogP contribution in [0.1, 0.15) is 43.9 Å². The van der Waals surface area contributed by atoms with E-state index in [2.05, 4.69) is 30.7 Å². The number of morpholine rings is 1. The molecule has 1 atom stereocenters. The van der Waals surface area contributed by atoms with Gasteiger partial charge in [0.2, 0.25) is 0 Å². The Bertz CT molecular complexity index is 461. The predicted molar refractivity (Wildman–Crippen MR) is 78.2 cm³/mol. The van der Waals surface area contributed by atoms with Gasteiger partial charge in [0.05, 0.1) is 36.4 Å². The maximum Gasteiger partial charge on any atom is 0.305 e. The lowest BCUT2D eigenvalue weighted by Gasteiger charge is -2.32. The Labute approximate surface area is 123 Å². The monoisotopic (exact) mass is 298 g/mol. The van der Waals surface area contributed by atoms with Gasteiger partial charge in [-0.3, -0.25) is 9.69 Å². The van der Waals surface area contributed by atoms with Crippen LogP contribution in [-0.2, 0) is 14.9 Å². The number of carboxylic acid groups (broad SMARTS) is 1. The fourth-order valence-corrected chi connectivity index (χ4v) is 3.21. The molecule has 1 unspecified atom stereocenters. The number of thiazole rings is 1. The molecule has 0 saturated carbocycles. The average Bonchev–Trinajstić information content (AvgIpc) is 2.86. The molecule has 0 bridgehead atoms. The molecule has 2 rings (SSSR count). The Morgan fingerprint density at radius 1 is 1.50 bits per heavy atom. The molecule has 1 aromatic rings. The van der Waals surface area contributed by atoms with E-state index in [1.54, 1.807) is 11.3 Å². The number of aliphatic carboxylic acids is 1. The van der Waals surface area contributed by atoms with Crippen LogP contribution in [0.2, 0.25) is 0 Å². The van der Waals surface area contributed by atoms with Gasteiger partial charge in [-0.25, -0.2) is 4.98 Å². The van der Waals surface area contributed by atoms with Crippen molar-refractivity contribution in [3.8, 4) is 0 Å². The summed E-state index contributed by atoms with van der Waals surface area (Å²) in [5.41, 5.74) is 0.881. The van der Waals surface area contributed by atoms with Crippen LogP contribution in [-0.4, -0.2) is 47.3 Å². The van der Waals surface area contributed by atoms with Gasteiger partial charge in [-0.2, -0.15) is 0 Å². The molecule has 2 heterocycles. The van der Waals surface area contributed by atoms with E-state index in [1.165, 1.54) is 0 Å². The van der Waals surface area contributed by atoms with E-state index in [0.29, 0.717) is 13.2 Å². The van der Waals surface area contributed by atoms with Gasteiger partial charge < -0.3 is 9.84 Å². The van der Waals surface area contributed by atoms with Crippen molar-refractivity contribution in [2.45, 2.75) is 38.6 Å². The lowest BCUT2D eigenvalue weighted by molar-refractivity contribution is -0.139. The van der Waals surface area contributed by atoms with Crippen molar-refractivity contribution in [1.82, 2.24) is 9.88 Å². The van der Waals surface area contributed by atoms with Crippen molar-refractivity contribution >= 4 is 17.3 Å². The average molecular weight is 298 g/mol. The first-order valence-electron chi connectivity index (χ1n) is 6.87. The van der Waals surface area contributed by atoms with Gasteiger partial charge in [0, 0.05) is 23.9 Å². The van der Waals surface area contributed by atoms with E-state index in [0.717, 1.165) is 23.8 Å². The van der Waals surface area contributed by atoms with Gasteiger partial charge in [-0.05, 0) is 0 Å². The van der Waals surface area contributed by atoms with E-state index in [1.807, 2.05) is 5.38 Å². The highest BCUT2D eigenvalue weighted by atomic mass is 32.1. The normalized spacial score (nSPS) is 18.9. The number of hydrogen-bond donors (Lipinski definition) is 1. The number of aromatic nitrogens is 1. The fraction of sp³-hybridized carbons (Fsp3) is 0.714. The van der Waals surface area contributed by atoms with Crippen molar-refractivity contribution in [3.05, 3.63) is 16.1 Å². The first-order valence-corrected chi connectivity index (χ1v) is 7.75. The first kappa shape index (κ1) is 15.4. The summed E-state index contributed by atoms with van der Waals surface area (Å²) in [6.07, 6.45) is 0.0906. The van der Waals surface area contributed by atoms with Crippen LogP contribution in [0.25, 0.3) is 0 Å². The third kappa shape index (κ3) is 3.77. The molecular weight excluding hydrogens is 276 g/mol. The van der Waals surface area contributed by atoms with Crippen LogP contribution in [0.4, 0.5) is 0 Å². The van der Waals surface area contributed by atoms with E-state index in [9.17, 15) is 4.79 Å². The Balaban J connectivity index is 2.21. The minimum atomic E-state index is -0.785. The van der Waals surface area contributed by atoms with Crippen molar-refractivity contribution < 1.29 is 14.6 Å². The van der Waals surface area contributed by atoms with Crippen LogP contribution in [0, 0.1) is 0 Å². The highest BCUT2D eigenvalue weighted by molar-refractivity contribution is 7.09. The number of hydrogen-bond acceptors (Lipinski definition) is 5. The van der Waals surface area contributed by atoms with Crippen LogP contribution in [0.3, 0.4) is 0 Å². The van der Waals surface area contributed by atoms with Crippen LogP contribution in [0.5, 0.6) is 0 Å². The zero-order valence-electron chi connectivity index (χ0n) is 12.3. The summed E-state index contributed by atoms with van der Waals surface area (Å²) in [6.45, 7) is 9.21. The lowest BCUT2D eigenvalue weighted by Crippen LogP contribution is -2.40. The highest BCUT2D eigenvalue weighted by Gasteiger charge is 2.28. The van der Waals surface area contributed by atoms with Gasteiger partial charge in [0.25, 0.3) is 0 Å². The van der Waals surface area contributed by atoms with Gasteiger partial charge in [-0.15, -0.1) is 11.3 Å². The number of carbonyl (C=O) groups is 1. The first-order chi connectivity index (χ1) is 9.38. The molecule has 112 valence electrons. The van der Waals surface area contributed by atoms with Crippen LogP contribution in [0.15, 0.2) is 5.38 Å². The number of carboxylic acids is 1. The molecule has 6 heteroatoms. The van der Waals surface area contributed by atoms with Gasteiger partial charge in [0.1, 0.15) is 0 Å². The standard InChI is InChI=1S/C14H22N2O3S/c1-14(2,3)13-15-10(9-20-13)11(8-12(17)18)16-4-6-19-7-5-16/h9,11H,4-8H2,1-3H3,(H,17,18). The molecule has 20 heavy (non-hydrogen) atoms. The Hall–Kier alpha value is -0.980. The molecule has 1 aromatic heterocycles. The molecule has 0 aliphatic carbocycles. The third-order valence-corrected chi connectivity index (χ3v) is 4.65. The van der Waals surface area contributed by atoms with E-state index < -0.39 is 5.97 Å². The summed E-state index contributed by atoms with van der Waals surface area (Å²) in [5.74, 6) is -0.785. The second-order valence-electron chi connectivity index (χ2n) is 6.09. The van der Waals surface area contributed by atoms with E-state index in [-0.39, 0.29) is 17.9 Å². The fourth-order valence-electron chi connectivity index (χ4n) is 2.26. The van der Waals surface area contributed by atoms with Crippen molar-refractivity contribution in [3.63, 3.8) is 0 Å². The molecule has 0 amide bonds. The van der Waals surface area contributed by atoms with E-state index in [4.69, 9.17) is 9.84 Å². The zero-order valence-corrected chi connectivity index (χ0v) is 13.1. The molecule has 1 saturated heterocycles. The number of ether oxygens (including phenoxy) is 1. The second-order valence-corrected chi connectivity index (χ2v) is 6.95. The molecule has 1 fully saturated rings. The summed E-state index contributed by atoms with van der Waals surface area (Å²) in [7, 11) is 0. The number of nitrogens with zero attached hydrogens (tertiary/aromatic N) is 2. The quantitative estimate of drug-likeness (QED) is 0.924. The SMILES string of the molecule is CC(C)(C)c1nc(C(CC(=O)O)N2CCOCC2)cs1. The van der Waals surface area contributed by atoms with Gasteiger partial charge >= 0.3 is 5.97 Å². The van der Waals surface area contributed by atoms with Gasteiger partial charge in [0.15, 0.2) is 0 Å². The third-order valence-electron chi connectivity index (χ3n) is 3.36. The summed E-state index contributed by atoms with van der Waals surface area (Å²) in [5, 5.41) is 12.2. The molecule has 1 aliphatic rings. The minimum absolute atomic E-state index is 0.00169. The van der Waals surface area contributed by atoms with E-state index >= 15 is 0 Å². The topological polar surface area (TPSA) is 62.7 Å². The molecule has 0 aromatic carbocycles.